The van der Waals surface area contributed by atoms with E-state index in [1.807, 2.05) is 18.2 Å². The predicted octanol–water partition coefficient (Wildman–Crippen LogP) is 3.97. The lowest BCUT2D eigenvalue weighted by atomic mass is 10.0. The summed E-state index contributed by atoms with van der Waals surface area (Å²) in [4.78, 5) is 14.0. The Morgan fingerprint density at radius 2 is 1.77 bits per heavy atom. The fourth-order valence-electron chi connectivity index (χ4n) is 2.76. The van der Waals surface area contributed by atoms with Crippen LogP contribution < -0.4 is 0 Å². The molecule has 0 aliphatic heterocycles. The van der Waals surface area contributed by atoms with E-state index in [0.29, 0.717) is 6.42 Å². The lowest BCUT2D eigenvalue weighted by molar-refractivity contribution is -0.136. The number of hydrogen-bond donors (Lipinski definition) is 2. The number of carbonyl (C=O) groups is 1. The number of fused-ring (bicyclic) bond motifs is 1. The monoisotopic (exact) mass is 293 g/mol. The number of benzene rings is 2. The van der Waals surface area contributed by atoms with E-state index < -0.39 is 5.97 Å². The number of aromatic nitrogens is 1. The lowest BCUT2D eigenvalue weighted by Crippen LogP contribution is -1.97. The van der Waals surface area contributed by atoms with Crippen molar-refractivity contribution in [3.05, 3.63) is 71.4 Å². The van der Waals surface area contributed by atoms with Crippen molar-refractivity contribution in [3.63, 3.8) is 0 Å². The Bertz CT molecular complexity index is 774. The summed E-state index contributed by atoms with van der Waals surface area (Å²) >= 11 is 0. The third-order valence-electron chi connectivity index (χ3n) is 3.99. The Labute approximate surface area is 129 Å². The van der Waals surface area contributed by atoms with Crippen LogP contribution in [-0.4, -0.2) is 16.1 Å². The first-order valence-electron chi connectivity index (χ1n) is 7.57. The van der Waals surface area contributed by atoms with Crippen molar-refractivity contribution in [1.82, 2.24) is 4.98 Å². The van der Waals surface area contributed by atoms with Crippen molar-refractivity contribution in [2.24, 2.45) is 0 Å². The second kappa shape index (κ2) is 6.48. The standard InChI is InChI=1S/C19H19NO2/c21-19(22)11-8-15-7-10-18-17(12-15)16(13-20-18)9-6-14-4-2-1-3-5-14/h1-5,7,10,12-13,20H,6,8-9,11H2,(H,21,22). The number of rotatable bonds is 6. The normalized spacial score (nSPS) is 10.9. The zero-order valence-electron chi connectivity index (χ0n) is 12.4. The first kappa shape index (κ1) is 14.4. The zero-order valence-corrected chi connectivity index (χ0v) is 12.4. The van der Waals surface area contributed by atoms with Gasteiger partial charge in [0.05, 0.1) is 0 Å². The van der Waals surface area contributed by atoms with Gasteiger partial charge in [0.1, 0.15) is 0 Å². The van der Waals surface area contributed by atoms with Gasteiger partial charge in [0.25, 0.3) is 0 Å². The van der Waals surface area contributed by atoms with Crippen molar-refractivity contribution in [2.45, 2.75) is 25.7 Å². The molecule has 0 spiro atoms. The molecule has 0 aliphatic rings. The van der Waals surface area contributed by atoms with E-state index in [1.54, 1.807) is 0 Å². The van der Waals surface area contributed by atoms with Gasteiger partial charge in [0.2, 0.25) is 0 Å². The number of aliphatic carboxylic acids is 1. The van der Waals surface area contributed by atoms with Crippen LogP contribution in [0, 0.1) is 0 Å². The number of carboxylic acid groups (broad SMARTS) is 1. The van der Waals surface area contributed by atoms with Crippen LogP contribution in [0.3, 0.4) is 0 Å². The van der Waals surface area contributed by atoms with Crippen molar-refractivity contribution < 1.29 is 9.90 Å². The van der Waals surface area contributed by atoms with Crippen LogP contribution in [0.4, 0.5) is 0 Å². The van der Waals surface area contributed by atoms with E-state index in [0.717, 1.165) is 23.9 Å². The Balaban J connectivity index is 1.77. The number of aryl methyl sites for hydroxylation is 3. The summed E-state index contributed by atoms with van der Waals surface area (Å²) in [7, 11) is 0. The minimum atomic E-state index is -0.751. The molecular formula is C19H19NO2. The van der Waals surface area contributed by atoms with Crippen LogP contribution in [0.25, 0.3) is 10.9 Å². The Morgan fingerprint density at radius 1 is 0.955 bits per heavy atom. The first-order valence-corrected chi connectivity index (χ1v) is 7.57. The SMILES string of the molecule is O=C(O)CCc1ccc2[nH]cc(CCc3ccccc3)c2c1. The first-order chi connectivity index (χ1) is 10.7. The Kier molecular flexibility index (Phi) is 4.24. The van der Waals surface area contributed by atoms with Gasteiger partial charge in [-0.2, -0.15) is 0 Å². The van der Waals surface area contributed by atoms with Crippen molar-refractivity contribution in [2.75, 3.05) is 0 Å². The number of nitrogens with one attached hydrogen (secondary N) is 1. The highest BCUT2D eigenvalue weighted by Crippen LogP contribution is 2.22. The molecule has 2 N–H and O–H groups in total. The number of aromatic amines is 1. The molecule has 3 aromatic rings. The maximum atomic E-state index is 10.7. The predicted molar refractivity (Wildman–Crippen MR) is 88.1 cm³/mol. The lowest BCUT2D eigenvalue weighted by Gasteiger charge is -2.03. The molecule has 3 rings (SSSR count). The van der Waals surface area contributed by atoms with E-state index in [-0.39, 0.29) is 6.42 Å². The van der Waals surface area contributed by atoms with Crippen LogP contribution in [-0.2, 0) is 24.1 Å². The van der Waals surface area contributed by atoms with Crippen LogP contribution in [0.5, 0.6) is 0 Å². The van der Waals surface area contributed by atoms with E-state index in [2.05, 4.69) is 41.5 Å². The number of carboxylic acids is 1. The largest absolute Gasteiger partial charge is 0.481 e. The minimum Gasteiger partial charge on any atom is -0.481 e. The molecule has 1 aromatic heterocycles. The van der Waals surface area contributed by atoms with E-state index >= 15 is 0 Å². The Hall–Kier alpha value is -2.55. The molecule has 0 unspecified atom stereocenters. The molecule has 2 aromatic carbocycles. The van der Waals surface area contributed by atoms with Crippen LogP contribution in [0.1, 0.15) is 23.1 Å². The van der Waals surface area contributed by atoms with Crippen molar-refractivity contribution in [1.29, 1.82) is 0 Å². The van der Waals surface area contributed by atoms with Crippen LogP contribution in [0.2, 0.25) is 0 Å². The van der Waals surface area contributed by atoms with Crippen molar-refractivity contribution >= 4 is 16.9 Å². The maximum Gasteiger partial charge on any atom is 0.303 e. The second-order valence-electron chi connectivity index (χ2n) is 5.57. The minimum absolute atomic E-state index is 0.176. The molecule has 1 heterocycles. The smallest absolute Gasteiger partial charge is 0.303 e. The molecule has 0 saturated heterocycles. The van der Waals surface area contributed by atoms with Gasteiger partial charge < -0.3 is 10.1 Å². The number of hydrogen-bond acceptors (Lipinski definition) is 1. The molecule has 0 bridgehead atoms. The van der Waals surface area contributed by atoms with Gasteiger partial charge >= 0.3 is 5.97 Å². The van der Waals surface area contributed by atoms with E-state index in [9.17, 15) is 4.79 Å². The van der Waals surface area contributed by atoms with Gasteiger partial charge in [0, 0.05) is 23.5 Å². The maximum absolute atomic E-state index is 10.7. The summed E-state index contributed by atoms with van der Waals surface area (Å²) < 4.78 is 0. The van der Waals surface area contributed by atoms with Gasteiger partial charge in [-0.25, -0.2) is 0 Å². The number of H-pyrrole nitrogens is 1. The quantitative estimate of drug-likeness (QED) is 0.722. The highest BCUT2D eigenvalue weighted by Gasteiger charge is 2.06. The average molecular weight is 293 g/mol. The molecule has 112 valence electrons. The highest BCUT2D eigenvalue weighted by atomic mass is 16.4. The summed E-state index contributed by atoms with van der Waals surface area (Å²) in [6.07, 6.45) is 4.80. The fourth-order valence-corrected chi connectivity index (χ4v) is 2.76. The van der Waals surface area contributed by atoms with Crippen molar-refractivity contribution in [3.8, 4) is 0 Å². The Morgan fingerprint density at radius 3 is 2.55 bits per heavy atom. The van der Waals surface area contributed by atoms with Gasteiger partial charge in [0.15, 0.2) is 0 Å². The highest BCUT2D eigenvalue weighted by molar-refractivity contribution is 5.84. The van der Waals surface area contributed by atoms with E-state index in [4.69, 9.17) is 5.11 Å². The molecule has 0 fully saturated rings. The fraction of sp³-hybridized carbons (Fsp3) is 0.211. The topological polar surface area (TPSA) is 53.1 Å². The van der Waals surface area contributed by atoms with Crippen LogP contribution >= 0.6 is 0 Å². The van der Waals surface area contributed by atoms with Crippen LogP contribution in [0.15, 0.2) is 54.7 Å². The molecule has 0 amide bonds. The summed E-state index contributed by atoms with van der Waals surface area (Å²) in [6, 6.07) is 16.6. The molecule has 0 aliphatic carbocycles. The van der Waals surface area contributed by atoms with Gasteiger partial charge in [-0.05, 0) is 48.1 Å². The zero-order chi connectivity index (χ0) is 15.4. The van der Waals surface area contributed by atoms with Gasteiger partial charge in [-0.1, -0.05) is 36.4 Å². The molecule has 3 heteroatoms. The van der Waals surface area contributed by atoms with Gasteiger partial charge in [-0.15, -0.1) is 0 Å². The molecule has 0 radical (unpaired) electrons. The summed E-state index contributed by atoms with van der Waals surface area (Å²) in [6.45, 7) is 0. The third kappa shape index (κ3) is 3.37. The molecule has 0 atom stereocenters. The molecule has 22 heavy (non-hydrogen) atoms. The molecule has 3 nitrogen and oxygen atoms in total. The third-order valence-corrected chi connectivity index (χ3v) is 3.99. The summed E-state index contributed by atoms with van der Waals surface area (Å²) in [5, 5.41) is 10.0. The van der Waals surface area contributed by atoms with Gasteiger partial charge in [-0.3, -0.25) is 4.79 Å². The molecular weight excluding hydrogens is 274 g/mol. The summed E-state index contributed by atoms with van der Waals surface area (Å²) in [5.74, 6) is -0.751. The average Bonchev–Trinajstić information content (AvgIpc) is 2.94. The second-order valence-corrected chi connectivity index (χ2v) is 5.57. The molecule has 0 saturated carbocycles. The summed E-state index contributed by atoms with van der Waals surface area (Å²) in [5.41, 5.74) is 4.81. The van der Waals surface area contributed by atoms with E-state index in [1.165, 1.54) is 16.5 Å².